The molecule has 0 aromatic rings. The van der Waals surface area contributed by atoms with Gasteiger partial charge in [0.1, 0.15) is 0 Å². The van der Waals surface area contributed by atoms with Gasteiger partial charge in [-0.25, -0.2) is 0 Å². The molecule has 0 aromatic carbocycles. The number of hydrogen-bond donors (Lipinski definition) is 0. The van der Waals surface area contributed by atoms with Crippen LogP contribution in [0.4, 0.5) is 0 Å². The fourth-order valence-corrected chi connectivity index (χ4v) is 3.65. The summed E-state index contributed by atoms with van der Waals surface area (Å²) in [6.07, 6.45) is 10.8. The molecule has 1 heteroatoms. The Balaban J connectivity index is 2.19. The van der Waals surface area contributed by atoms with Gasteiger partial charge in [0, 0.05) is 20.5 Å². The lowest BCUT2D eigenvalue weighted by Crippen LogP contribution is -2.24. The van der Waals surface area contributed by atoms with Crippen molar-refractivity contribution < 1.29 is 0 Å². The van der Waals surface area contributed by atoms with E-state index in [2.05, 4.69) is 35.7 Å². The summed E-state index contributed by atoms with van der Waals surface area (Å²) in [7, 11) is 0.492. The molecule has 2 bridgehead atoms. The molecule has 0 fully saturated rings. The van der Waals surface area contributed by atoms with Crippen LogP contribution >= 0.6 is 0 Å². The summed E-state index contributed by atoms with van der Waals surface area (Å²) in [5, 5.41) is 0. The van der Waals surface area contributed by atoms with Gasteiger partial charge in [-0.15, -0.1) is 0 Å². The van der Waals surface area contributed by atoms with Crippen LogP contribution in [0.2, 0.25) is 0 Å². The highest BCUT2D eigenvalue weighted by molar-refractivity contribution is 6.53. The number of rotatable bonds is 0. The first kappa shape index (κ1) is 5.89. The van der Waals surface area contributed by atoms with Crippen molar-refractivity contribution in [3.8, 4) is 0 Å². The summed E-state index contributed by atoms with van der Waals surface area (Å²) in [6, 6.07) is 0. The standard InChI is InChI=1S/C10H10Si/c1-2-10-3-4-11-7-9(10)5-8(1)6-10/h1-5,7,9,11H,6H2. The first-order valence-corrected chi connectivity index (χ1v) is 5.48. The van der Waals surface area contributed by atoms with Crippen molar-refractivity contribution >= 4 is 14.8 Å². The van der Waals surface area contributed by atoms with Crippen LogP contribution in [0, 0.1) is 11.3 Å². The lowest BCUT2D eigenvalue weighted by Gasteiger charge is -2.27. The van der Waals surface area contributed by atoms with Gasteiger partial charge in [-0.1, -0.05) is 41.2 Å². The van der Waals surface area contributed by atoms with Gasteiger partial charge in [0.2, 0.25) is 0 Å². The Labute approximate surface area is 68.8 Å². The number of fused-ring (bicyclic) bond motifs is 1. The van der Waals surface area contributed by atoms with Crippen molar-refractivity contribution in [2.75, 3.05) is 0 Å². The van der Waals surface area contributed by atoms with Gasteiger partial charge in [-0.2, -0.15) is 0 Å². The predicted molar refractivity (Wildman–Crippen MR) is 50.1 cm³/mol. The van der Waals surface area contributed by atoms with Crippen LogP contribution in [0.1, 0.15) is 6.42 Å². The van der Waals surface area contributed by atoms with E-state index < -0.39 is 0 Å². The first-order chi connectivity index (χ1) is 5.39. The van der Waals surface area contributed by atoms with Crippen LogP contribution in [0.25, 0.3) is 0 Å². The van der Waals surface area contributed by atoms with E-state index in [0.29, 0.717) is 14.5 Å². The summed E-state index contributed by atoms with van der Waals surface area (Å²) in [6.45, 7) is 0. The van der Waals surface area contributed by atoms with Gasteiger partial charge in [0.05, 0.1) is 0 Å². The molecule has 0 saturated heterocycles. The van der Waals surface area contributed by atoms with Crippen molar-refractivity contribution in [3.05, 3.63) is 35.6 Å². The van der Waals surface area contributed by atoms with E-state index >= 15 is 0 Å². The van der Waals surface area contributed by atoms with Crippen molar-refractivity contribution in [1.82, 2.24) is 0 Å². The van der Waals surface area contributed by atoms with Gasteiger partial charge in [-0.3, -0.25) is 0 Å². The Hall–Kier alpha value is -0.693. The number of allylic oxidation sites excluding steroid dienone is 5. The maximum absolute atomic E-state index is 2.51. The molecular formula is C10H10Si. The van der Waals surface area contributed by atoms with Gasteiger partial charge in [0.25, 0.3) is 0 Å². The smallest absolute Gasteiger partial charge is 0.0198 e. The fraction of sp³-hybridized carbons (Fsp3) is 0.300. The minimum atomic E-state index is 0.417. The lowest BCUT2D eigenvalue weighted by atomic mass is 9.79. The van der Waals surface area contributed by atoms with E-state index in [1.807, 2.05) is 0 Å². The SMILES string of the molecule is C1=CC23C=CC(=CC2C=[SiH]1)C3. The molecule has 0 nitrogen and oxygen atoms in total. The molecule has 0 amide bonds. The fourth-order valence-electron chi connectivity index (χ4n) is 2.34. The molecule has 2 atom stereocenters. The molecule has 0 radical (unpaired) electrons. The molecule has 1 spiro atoms. The molecule has 11 heavy (non-hydrogen) atoms. The van der Waals surface area contributed by atoms with Crippen LogP contribution in [-0.2, 0) is 0 Å². The molecular weight excluding hydrogens is 148 g/mol. The zero-order valence-corrected chi connectivity index (χ0v) is 7.48. The topological polar surface area (TPSA) is 0 Å². The van der Waals surface area contributed by atoms with Crippen molar-refractivity contribution in [2.45, 2.75) is 6.42 Å². The molecule has 54 valence electrons. The van der Waals surface area contributed by atoms with Crippen molar-refractivity contribution in [2.24, 2.45) is 11.3 Å². The highest BCUT2D eigenvalue weighted by Gasteiger charge is 2.40. The van der Waals surface area contributed by atoms with Crippen LogP contribution < -0.4 is 0 Å². The van der Waals surface area contributed by atoms with Gasteiger partial charge in [-0.05, 0) is 6.42 Å². The molecule has 3 rings (SSSR count). The molecule has 2 aliphatic carbocycles. The minimum absolute atomic E-state index is 0.417. The zero-order valence-electron chi connectivity index (χ0n) is 6.33. The van der Waals surface area contributed by atoms with E-state index in [0.717, 1.165) is 5.92 Å². The molecule has 1 heterocycles. The monoisotopic (exact) mass is 158 g/mol. The lowest BCUT2D eigenvalue weighted by molar-refractivity contribution is 0.486. The van der Waals surface area contributed by atoms with E-state index in [1.165, 1.54) is 6.42 Å². The highest BCUT2D eigenvalue weighted by atomic mass is 28.2. The average molecular weight is 158 g/mol. The molecule has 0 aromatic heterocycles. The minimum Gasteiger partial charge on any atom is -0.0946 e. The van der Waals surface area contributed by atoms with Gasteiger partial charge < -0.3 is 0 Å². The Bertz CT molecular complexity index is 320. The summed E-state index contributed by atoms with van der Waals surface area (Å²) < 4.78 is 0. The van der Waals surface area contributed by atoms with Crippen LogP contribution in [-0.4, -0.2) is 14.8 Å². The molecule has 0 saturated carbocycles. The highest BCUT2D eigenvalue weighted by Crippen LogP contribution is 2.49. The summed E-state index contributed by atoms with van der Waals surface area (Å²) in [5.41, 5.74) is 6.86. The predicted octanol–water partition coefficient (Wildman–Crippen LogP) is 1.25. The zero-order chi connectivity index (χ0) is 7.31. The quantitative estimate of drug-likeness (QED) is 0.466. The van der Waals surface area contributed by atoms with E-state index in [9.17, 15) is 0 Å². The van der Waals surface area contributed by atoms with Crippen LogP contribution in [0.3, 0.4) is 0 Å². The molecule has 2 unspecified atom stereocenters. The Morgan fingerprint density at radius 3 is 3.27 bits per heavy atom. The molecule has 1 aliphatic heterocycles. The average Bonchev–Trinajstić information content (AvgIpc) is 2.57. The second-order valence-corrected chi connectivity index (χ2v) is 4.79. The third-order valence-corrected chi connectivity index (χ3v) is 4.02. The van der Waals surface area contributed by atoms with Crippen molar-refractivity contribution in [3.63, 3.8) is 0 Å². The van der Waals surface area contributed by atoms with Gasteiger partial charge >= 0.3 is 0 Å². The maximum Gasteiger partial charge on any atom is 0.0198 e. The Morgan fingerprint density at radius 2 is 2.45 bits per heavy atom. The Kier molecular flexibility index (Phi) is 0.923. The van der Waals surface area contributed by atoms with E-state index in [-0.39, 0.29) is 0 Å². The largest absolute Gasteiger partial charge is 0.0946 e. The molecule has 3 aliphatic rings. The first-order valence-electron chi connectivity index (χ1n) is 4.15. The van der Waals surface area contributed by atoms with E-state index in [4.69, 9.17) is 0 Å². The second kappa shape index (κ2) is 1.72. The Morgan fingerprint density at radius 1 is 1.45 bits per heavy atom. The van der Waals surface area contributed by atoms with Crippen LogP contribution in [0.5, 0.6) is 0 Å². The van der Waals surface area contributed by atoms with Crippen molar-refractivity contribution in [1.29, 1.82) is 0 Å². The molecule has 0 N–H and O–H groups in total. The van der Waals surface area contributed by atoms with E-state index in [1.54, 1.807) is 5.57 Å². The maximum atomic E-state index is 2.51. The summed E-state index contributed by atoms with van der Waals surface area (Å²) in [5.74, 6) is 0.752. The second-order valence-electron chi connectivity index (χ2n) is 3.63. The summed E-state index contributed by atoms with van der Waals surface area (Å²) in [4.78, 5) is 0. The third-order valence-electron chi connectivity index (χ3n) is 2.97. The van der Waals surface area contributed by atoms with Gasteiger partial charge in [0.15, 0.2) is 0 Å². The van der Waals surface area contributed by atoms with Crippen LogP contribution in [0.15, 0.2) is 35.6 Å². The third kappa shape index (κ3) is 0.620. The summed E-state index contributed by atoms with van der Waals surface area (Å²) >= 11 is 0. The normalized spacial score (nSPS) is 42.9. The number of hydrogen-bond acceptors (Lipinski definition) is 0.